The molecule has 1 aromatic carbocycles. The first-order valence-electron chi connectivity index (χ1n) is 12.3. The zero-order chi connectivity index (χ0) is 22.8. The van der Waals surface area contributed by atoms with Crippen molar-refractivity contribution >= 4 is 5.97 Å². The number of unbranched alkanes of at least 4 members (excludes halogenated alkanes) is 5. The van der Waals surface area contributed by atoms with Crippen LogP contribution >= 0.6 is 0 Å². The molecule has 172 valence electrons. The molecule has 0 fully saturated rings. The fourth-order valence-corrected chi connectivity index (χ4v) is 4.59. The minimum atomic E-state index is -0.203. The van der Waals surface area contributed by atoms with Gasteiger partial charge in [-0.25, -0.2) is 0 Å². The number of rotatable bonds is 12. The normalized spacial score (nSPS) is 18.5. The SMILES string of the molecule is C=C(C)[C@@H]1CCC(C)=C[C@H]1c1c(O)cc(CCCCC)cc1OC(=O)CCCCCC. The maximum Gasteiger partial charge on any atom is 0.311 e. The van der Waals surface area contributed by atoms with Crippen LogP contribution in [0.15, 0.2) is 35.9 Å². The van der Waals surface area contributed by atoms with Gasteiger partial charge in [-0.2, -0.15) is 0 Å². The van der Waals surface area contributed by atoms with E-state index >= 15 is 0 Å². The molecule has 0 aliphatic heterocycles. The fourth-order valence-electron chi connectivity index (χ4n) is 4.59. The molecule has 0 heterocycles. The molecule has 0 spiro atoms. The van der Waals surface area contributed by atoms with Gasteiger partial charge < -0.3 is 9.84 Å². The summed E-state index contributed by atoms with van der Waals surface area (Å²) in [6.45, 7) is 12.7. The standard InChI is InChI=1S/C28H42O3/c1-6-8-10-12-14-27(30)31-26-19-22(13-11-9-7-2)18-25(29)28(26)24-17-21(5)15-16-23(24)20(3)4/h17-19,23-24,29H,3,6-16H2,1-2,4-5H3/t23-,24+/m0/s1. The molecule has 0 saturated heterocycles. The third-order valence-electron chi connectivity index (χ3n) is 6.42. The van der Waals surface area contributed by atoms with Gasteiger partial charge in [-0.15, -0.1) is 0 Å². The van der Waals surface area contributed by atoms with Crippen LogP contribution in [0.2, 0.25) is 0 Å². The number of carbonyl (C=O) groups is 1. The molecule has 1 aliphatic rings. The summed E-state index contributed by atoms with van der Waals surface area (Å²) in [5, 5.41) is 11.1. The average Bonchev–Trinajstić information content (AvgIpc) is 2.71. The van der Waals surface area contributed by atoms with Crippen LogP contribution in [0.3, 0.4) is 0 Å². The number of esters is 1. The van der Waals surface area contributed by atoms with Crippen molar-refractivity contribution in [2.45, 2.75) is 104 Å². The number of aromatic hydroxyl groups is 1. The van der Waals surface area contributed by atoms with E-state index in [0.717, 1.165) is 80.9 Å². The van der Waals surface area contributed by atoms with Crippen LogP contribution in [-0.4, -0.2) is 11.1 Å². The molecule has 0 unspecified atom stereocenters. The molecule has 3 nitrogen and oxygen atoms in total. The Labute approximate surface area is 189 Å². The van der Waals surface area contributed by atoms with Crippen LogP contribution in [0, 0.1) is 5.92 Å². The lowest BCUT2D eigenvalue weighted by Crippen LogP contribution is -2.19. The summed E-state index contributed by atoms with van der Waals surface area (Å²) >= 11 is 0. The quantitative estimate of drug-likeness (QED) is 0.159. The summed E-state index contributed by atoms with van der Waals surface area (Å²) in [7, 11) is 0. The van der Waals surface area contributed by atoms with Crippen molar-refractivity contribution in [3.63, 3.8) is 0 Å². The van der Waals surface area contributed by atoms with Gasteiger partial charge in [0.05, 0.1) is 0 Å². The second-order valence-corrected chi connectivity index (χ2v) is 9.30. The van der Waals surface area contributed by atoms with E-state index in [9.17, 15) is 9.90 Å². The summed E-state index contributed by atoms with van der Waals surface area (Å²) in [6.07, 6.45) is 13.1. The highest BCUT2D eigenvalue weighted by atomic mass is 16.5. The van der Waals surface area contributed by atoms with E-state index in [-0.39, 0.29) is 23.6 Å². The molecule has 0 saturated carbocycles. The van der Waals surface area contributed by atoms with Crippen molar-refractivity contribution < 1.29 is 14.6 Å². The third kappa shape index (κ3) is 7.55. The Morgan fingerprint density at radius 2 is 1.84 bits per heavy atom. The number of hydrogen-bond donors (Lipinski definition) is 1. The van der Waals surface area contributed by atoms with Crippen LogP contribution in [-0.2, 0) is 11.2 Å². The van der Waals surface area contributed by atoms with Gasteiger partial charge in [0.15, 0.2) is 0 Å². The van der Waals surface area contributed by atoms with E-state index in [0.29, 0.717) is 12.2 Å². The summed E-state index contributed by atoms with van der Waals surface area (Å²) in [5.41, 5.74) is 4.20. The van der Waals surface area contributed by atoms with Gasteiger partial charge in [0, 0.05) is 17.9 Å². The summed E-state index contributed by atoms with van der Waals surface area (Å²) < 4.78 is 5.91. The van der Waals surface area contributed by atoms with E-state index in [1.54, 1.807) is 0 Å². The largest absolute Gasteiger partial charge is 0.507 e. The van der Waals surface area contributed by atoms with Gasteiger partial charge in [0.25, 0.3) is 0 Å². The van der Waals surface area contributed by atoms with Crippen LogP contribution in [0.4, 0.5) is 0 Å². The maximum atomic E-state index is 12.6. The van der Waals surface area contributed by atoms with Gasteiger partial charge in [0.1, 0.15) is 11.5 Å². The number of hydrogen-bond acceptors (Lipinski definition) is 3. The van der Waals surface area contributed by atoms with E-state index in [2.05, 4.69) is 40.3 Å². The first kappa shape index (κ1) is 25.2. The fraction of sp³-hybridized carbons (Fsp3) is 0.607. The lowest BCUT2D eigenvalue weighted by molar-refractivity contribution is -0.134. The smallest absolute Gasteiger partial charge is 0.311 e. The number of ether oxygens (including phenoxy) is 1. The van der Waals surface area contributed by atoms with Crippen molar-refractivity contribution in [1.82, 2.24) is 0 Å². The first-order valence-corrected chi connectivity index (χ1v) is 12.3. The van der Waals surface area contributed by atoms with Crippen molar-refractivity contribution in [2.24, 2.45) is 5.92 Å². The molecule has 0 aromatic heterocycles. The van der Waals surface area contributed by atoms with Crippen LogP contribution in [0.25, 0.3) is 0 Å². The Morgan fingerprint density at radius 1 is 1.13 bits per heavy atom. The zero-order valence-electron chi connectivity index (χ0n) is 20.1. The first-order chi connectivity index (χ1) is 14.9. The van der Waals surface area contributed by atoms with Crippen molar-refractivity contribution in [1.29, 1.82) is 0 Å². The number of allylic oxidation sites excluding steroid dienone is 3. The second kappa shape index (κ2) is 12.7. The van der Waals surface area contributed by atoms with Crippen molar-refractivity contribution in [3.05, 3.63) is 47.1 Å². The molecule has 1 N–H and O–H groups in total. The summed E-state index contributed by atoms with van der Waals surface area (Å²) in [4.78, 5) is 12.6. The molecular formula is C28H42O3. The topological polar surface area (TPSA) is 46.5 Å². The Balaban J connectivity index is 2.36. The molecule has 2 rings (SSSR count). The van der Waals surface area contributed by atoms with Gasteiger partial charge in [0.2, 0.25) is 0 Å². The van der Waals surface area contributed by atoms with E-state index in [1.807, 2.05) is 12.1 Å². The molecule has 0 bridgehead atoms. The highest BCUT2D eigenvalue weighted by Crippen LogP contribution is 2.47. The third-order valence-corrected chi connectivity index (χ3v) is 6.42. The van der Waals surface area contributed by atoms with Crippen molar-refractivity contribution in [2.75, 3.05) is 0 Å². The summed E-state index contributed by atoms with van der Waals surface area (Å²) in [6, 6.07) is 3.86. The monoisotopic (exact) mass is 426 g/mol. The minimum absolute atomic E-state index is 0.0150. The molecule has 3 heteroatoms. The highest BCUT2D eigenvalue weighted by Gasteiger charge is 2.31. The Hall–Kier alpha value is -2.03. The minimum Gasteiger partial charge on any atom is -0.507 e. The van der Waals surface area contributed by atoms with Crippen LogP contribution in [0.1, 0.15) is 109 Å². The van der Waals surface area contributed by atoms with Crippen LogP contribution < -0.4 is 4.74 Å². The number of aryl methyl sites for hydroxylation is 1. The predicted octanol–water partition coefficient (Wildman–Crippen LogP) is 8.02. The molecule has 31 heavy (non-hydrogen) atoms. The van der Waals surface area contributed by atoms with Crippen molar-refractivity contribution in [3.8, 4) is 11.5 Å². The van der Waals surface area contributed by atoms with E-state index in [4.69, 9.17) is 4.74 Å². The number of carbonyl (C=O) groups excluding carboxylic acids is 1. The molecule has 0 amide bonds. The molecule has 0 radical (unpaired) electrons. The zero-order valence-corrected chi connectivity index (χ0v) is 20.1. The number of phenols is 1. The maximum absolute atomic E-state index is 12.6. The Bertz CT molecular complexity index is 775. The van der Waals surface area contributed by atoms with Gasteiger partial charge in [-0.05, 0) is 69.6 Å². The molecule has 1 aliphatic carbocycles. The summed E-state index contributed by atoms with van der Waals surface area (Å²) in [5.74, 6) is 0.798. The lowest BCUT2D eigenvalue weighted by atomic mass is 9.73. The number of benzene rings is 1. The molecule has 1 aromatic rings. The highest BCUT2D eigenvalue weighted by molar-refractivity contribution is 5.73. The van der Waals surface area contributed by atoms with Crippen LogP contribution in [0.5, 0.6) is 11.5 Å². The average molecular weight is 427 g/mol. The Kier molecular flexibility index (Phi) is 10.4. The van der Waals surface area contributed by atoms with Gasteiger partial charge in [-0.1, -0.05) is 69.8 Å². The second-order valence-electron chi connectivity index (χ2n) is 9.30. The van der Waals surface area contributed by atoms with E-state index < -0.39 is 0 Å². The molecular weight excluding hydrogens is 384 g/mol. The lowest BCUT2D eigenvalue weighted by Gasteiger charge is -2.32. The number of phenolic OH excluding ortho intramolecular Hbond substituents is 1. The van der Waals surface area contributed by atoms with E-state index in [1.165, 1.54) is 5.57 Å². The van der Waals surface area contributed by atoms with Gasteiger partial charge in [-0.3, -0.25) is 4.79 Å². The van der Waals surface area contributed by atoms with Gasteiger partial charge >= 0.3 is 5.97 Å². The molecule has 2 atom stereocenters. The Morgan fingerprint density at radius 3 is 2.52 bits per heavy atom. The predicted molar refractivity (Wildman–Crippen MR) is 130 cm³/mol.